The molecule has 7 nitrogen and oxygen atoms in total. The van der Waals surface area contributed by atoms with E-state index < -0.39 is 10.4 Å². The molecular formula is C10H14N2O5S. The van der Waals surface area contributed by atoms with E-state index in [0.29, 0.717) is 13.1 Å². The predicted molar refractivity (Wildman–Crippen MR) is 65.8 cm³/mol. The highest BCUT2D eigenvalue weighted by Crippen LogP contribution is 2.16. The Morgan fingerprint density at radius 1 is 1.28 bits per heavy atom. The van der Waals surface area contributed by atoms with Gasteiger partial charge in [0.25, 0.3) is 0 Å². The highest BCUT2D eigenvalue weighted by atomic mass is 32.3. The van der Waals surface area contributed by atoms with E-state index in [9.17, 15) is 13.2 Å². The van der Waals surface area contributed by atoms with Gasteiger partial charge in [0.05, 0.1) is 0 Å². The van der Waals surface area contributed by atoms with Crippen LogP contribution in [0.5, 0.6) is 5.75 Å². The number of anilines is 1. The number of carbonyl (C=O) groups excluding carboxylic acids is 1. The van der Waals surface area contributed by atoms with Crippen LogP contribution in [0, 0.1) is 0 Å². The summed E-state index contributed by atoms with van der Waals surface area (Å²) in [7, 11) is -4.49. The Kier molecular flexibility index (Phi) is 4.93. The zero-order valence-corrected chi connectivity index (χ0v) is 10.5. The number of hydrogen-bond acceptors (Lipinski definition) is 5. The normalized spacial score (nSPS) is 10.8. The molecule has 100 valence electrons. The molecule has 1 amide bonds. The standard InChI is InChI=1S/C10H14N2O5S/c1-8(13)11-6-7-12-9-2-4-10(5-3-9)17-18(14,15)16/h2-5,12H,6-7H2,1H3,(H,11,13)(H,14,15,16). The second-order valence-electron chi connectivity index (χ2n) is 3.45. The Bertz CT molecular complexity index is 498. The van der Waals surface area contributed by atoms with Crippen LogP contribution in [0.15, 0.2) is 24.3 Å². The summed E-state index contributed by atoms with van der Waals surface area (Å²) in [6, 6.07) is 5.98. The van der Waals surface area contributed by atoms with E-state index in [-0.39, 0.29) is 11.7 Å². The molecule has 1 rings (SSSR count). The van der Waals surface area contributed by atoms with E-state index in [4.69, 9.17) is 4.55 Å². The minimum atomic E-state index is -4.49. The van der Waals surface area contributed by atoms with Crippen molar-refractivity contribution >= 4 is 22.0 Å². The monoisotopic (exact) mass is 274 g/mol. The van der Waals surface area contributed by atoms with Gasteiger partial charge in [0.15, 0.2) is 0 Å². The smallest absolute Gasteiger partial charge is 0.383 e. The summed E-state index contributed by atoms with van der Waals surface area (Å²) in [5.41, 5.74) is 0.739. The molecule has 0 aromatic heterocycles. The summed E-state index contributed by atoms with van der Waals surface area (Å²) >= 11 is 0. The van der Waals surface area contributed by atoms with Gasteiger partial charge >= 0.3 is 10.4 Å². The van der Waals surface area contributed by atoms with Crippen molar-refractivity contribution in [3.05, 3.63) is 24.3 Å². The number of nitrogens with one attached hydrogen (secondary N) is 2. The fourth-order valence-corrected chi connectivity index (χ4v) is 1.55. The highest BCUT2D eigenvalue weighted by molar-refractivity contribution is 7.81. The van der Waals surface area contributed by atoms with Crippen LogP contribution < -0.4 is 14.8 Å². The first-order valence-electron chi connectivity index (χ1n) is 5.12. The quantitative estimate of drug-likeness (QED) is 0.513. The third kappa shape index (κ3) is 6.06. The molecule has 8 heteroatoms. The van der Waals surface area contributed by atoms with Crippen molar-refractivity contribution in [3.63, 3.8) is 0 Å². The Hall–Kier alpha value is -1.80. The van der Waals surface area contributed by atoms with Crippen LogP contribution in [0.25, 0.3) is 0 Å². The first-order chi connectivity index (χ1) is 8.37. The minimum absolute atomic E-state index is 0.0184. The maximum atomic E-state index is 10.6. The van der Waals surface area contributed by atoms with Crippen LogP contribution in [-0.4, -0.2) is 32.0 Å². The minimum Gasteiger partial charge on any atom is -0.383 e. The lowest BCUT2D eigenvalue weighted by atomic mass is 10.3. The van der Waals surface area contributed by atoms with Crippen LogP contribution in [0.1, 0.15) is 6.92 Å². The molecule has 3 N–H and O–H groups in total. The van der Waals surface area contributed by atoms with Gasteiger partial charge in [0.2, 0.25) is 5.91 Å². The van der Waals surface area contributed by atoms with Crippen molar-refractivity contribution in [2.24, 2.45) is 0 Å². The van der Waals surface area contributed by atoms with Crippen molar-refractivity contribution in [1.29, 1.82) is 0 Å². The van der Waals surface area contributed by atoms with Crippen LogP contribution in [0.3, 0.4) is 0 Å². The first-order valence-corrected chi connectivity index (χ1v) is 6.48. The van der Waals surface area contributed by atoms with E-state index in [1.807, 2.05) is 0 Å². The SMILES string of the molecule is CC(=O)NCCNc1ccc(OS(=O)(=O)O)cc1. The first kappa shape index (κ1) is 14.3. The molecule has 0 atom stereocenters. The van der Waals surface area contributed by atoms with Gasteiger partial charge < -0.3 is 14.8 Å². The van der Waals surface area contributed by atoms with E-state index in [1.165, 1.54) is 19.1 Å². The second kappa shape index (κ2) is 6.22. The summed E-state index contributed by atoms with van der Waals surface area (Å²) in [5, 5.41) is 5.63. The second-order valence-corrected chi connectivity index (χ2v) is 4.47. The van der Waals surface area contributed by atoms with Crippen molar-refractivity contribution < 1.29 is 21.9 Å². The fourth-order valence-electron chi connectivity index (χ4n) is 1.20. The van der Waals surface area contributed by atoms with Gasteiger partial charge in [0, 0.05) is 25.7 Å². The number of benzene rings is 1. The maximum absolute atomic E-state index is 10.6. The topological polar surface area (TPSA) is 105 Å². The van der Waals surface area contributed by atoms with Gasteiger partial charge in [-0.05, 0) is 24.3 Å². The van der Waals surface area contributed by atoms with Crippen molar-refractivity contribution in [1.82, 2.24) is 5.32 Å². The Morgan fingerprint density at radius 2 is 1.89 bits per heavy atom. The van der Waals surface area contributed by atoms with Gasteiger partial charge in [-0.3, -0.25) is 9.35 Å². The molecule has 0 bridgehead atoms. The lowest BCUT2D eigenvalue weighted by Gasteiger charge is -2.07. The zero-order chi connectivity index (χ0) is 13.6. The van der Waals surface area contributed by atoms with E-state index in [0.717, 1.165) is 5.69 Å². The van der Waals surface area contributed by atoms with Crippen LogP contribution >= 0.6 is 0 Å². The molecule has 0 saturated heterocycles. The number of amides is 1. The van der Waals surface area contributed by atoms with Gasteiger partial charge in [0.1, 0.15) is 5.75 Å². The molecule has 0 aliphatic heterocycles. The molecule has 0 aliphatic carbocycles. The molecule has 0 radical (unpaired) electrons. The van der Waals surface area contributed by atoms with Gasteiger partial charge in [-0.2, -0.15) is 8.42 Å². The largest absolute Gasteiger partial charge is 0.446 e. The molecule has 0 aliphatic rings. The summed E-state index contributed by atoms with van der Waals surface area (Å²) in [4.78, 5) is 10.6. The fraction of sp³-hybridized carbons (Fsp3) is 0.300. The van der Waals surface area contributed by atoms with Gasteiger partial charge in [-0.25, -0.2) is 0 Å². The lowest BCUT2D eigenvalue weighted by molar-refractivity contribution is -0.118. The molecule has 1 aromatic rings. The molecule has 0 heterocycles. The molecule has 0 fully saturated rings. The molecule has 0 spiro atoms. The molecule has 18 heavy (non-hydrogen) atoms. The Morgan fingerprint density at radius 3 is 2.39 bits per heavy atom. The number of carbonyl (C=O) groups is 1. The molecule has 1 aromatic carbocycles. The highest BCUT2D eigenvalue weighted by Gasteiger charge is 2.05. The summed E-state index contributed by atoms with van der Waals surface area (Å²) in [5.74, 6) is -0.0846. The molecule has 0 saturated carbocycles. The van der Waals surface area contributed by atoms with Crippen LogP contribution in [0.4, 0.5) is 5.69 Å². The van der Waals surface area contributed by atoms with Crippen LogP contribution in [-0.2, 0) is 15.2 Å². The molecular weight excluding hydrogens is 260 g/mol. The average Bonchev–Trinajstić information content (AvgIpc) is 2.24. The van der Waals surface area contributed by atoms with E-state index >= 15 is 0 Å². The Balaban J connectivity index is 2.43. The number of hydrogen-bond donors (Lipinski definition) is 3. The van der Waals surface area contributed by atoms with E-state index in [1.54, 1.807) is 12.1 Å². The van der Waals surface area contributed by atoms with Gasteiger partial charge in [-0.1, -0.05) is 0 Å². The summed E-state index contributed by atoms with van der Waals surface area (Å²) in [6.07, 6.45) is 0. The predicted octanol–water partition coefficient (Wildman–Crippen LogP) is 0.416. The van der Waals surface area contributed by atoms with Crippen molar-refractivity contribution in [2.45, 2.75) is 6.92 Å². The van der Waals surface area contributed by atoms with Crippen LogP contribution in [0.2, 0.25) is 0 Å². The average molecular weight is 274 g/mol. The summed E-state index contributed by atoms with van der Waals surface area (Å²) in [6.45, 7) is 2.46. The van der Waals surface area contributed by atoms with Crippen molar-refractivity contribution in [2.75, 3.05) is 18.4 Å². The summed E-state index contributed by atoms with van der Waals surface area (Å²) < 4.78 is 33.6. The maximum Gasteiger partial charge on any atom is 0.446 e. The lowest BCUT2D eigenvalue weighted by Crippen LogP contribution is -2.26. The van der Waals surface area contributed by atoms with E-state index in [2.05, 4.69) is 14.8 Å². The van der Waals surface area contributed by atoms with Gasteiger partial charge in [-0.15, -0.1) is 0 Å². The molecule has 0 unspecified atom stereocenters. The number of rotatable bonds is 6. The third-order valence-corrected chi connectivity index (χ3v) is 2.29. The third-order valence-electron chi connectivity index (χ3n) is 1.88. The Labute approximate surface area is 105 Å². The zero-order valence-electron chi connectivity index (χ0n) is 9.71. The van der Waals surface area contributed by atoms with Crippen molar-refractivity contribution in [3.8, 4) is 5.75 Å².